The molecule has 4 heterocycles. The van der Waals surface area contributed by atoms with Crippen LogP contribution in [0, 0.1) is 0 Å². The molecule has 9 aromatic carbocycles. The third-order valence-corrected chi connectivity index (χ3v) is 12.4. The molecule has 4 aromatic heterocycles. The summed E-state index contributed by atoms with van der Waals surface area (Å²) in [6.45, 7) is 0. The number of furan rings is 1. The van der Waals surface area contributed by atoms with Crippen LogP contribution in [0.3, 0.4) is 0 Å². The van der Waals surface area contributed by atoms with Crippen molar-refractivity contribution in [1.29, 1.82) is 0 Å². The van der Waals surface area contributed by atoms with Crippen LogP contribution in [0.15, 0.2) is 217 Å². The van der Waals surface area contributed by atoms with Crippen molar-refractivity contribution >= 4 is 65.6 Å². The van der Waals surface area contributed by atoms with E-state index in [2.05, 4.69) is 185 Å². The first-order valence-corrected chi connectivity index (χ1v) is 21.2. The number of benzene rings is 9. The zero-order valence-electron chi connectivity index (χ0n) is 33.9. The second-order valence-electron chi connectivity index (χ2n) is 16.0. The molecule has 0 unspecified atom stereocenters. The van der Waals surface area contributed by atoms with E-state index >= 15 is 0 Å². The van der Waals surface area contributed by atoms with Crippen molar-refractivity contribution in [2.24, 2.45) is 0 Å². The van der Waals surface area contributed by atoms with Gasteiger partial charge in [0.25, 0.3) is 0 Å². The quantitative estimate of drug-likeness (QED) is 0.168. The summed E-state index contributed by atoms with van der Waals surface area (Å²) >= 11 is 0. The van der Waals surface area contributed by atoms with Crippen molar-refractivity contribution < 1.29 is 4.42 Å². The van der Waals surface area contributed by atoms with Crippen molar-refractivity contribution in [3.05, 3.63) is 212 Å². The van der Waals surface area contributed by atoms with E-state index in [1.54, 1.807) is 0 Å². The van der Waals surface area contributed by atoms with Crippen LogP contribution in [0.2, 0.25) is 0 Å². The molecule has 0 fully saturated rings. The molecule has 0 aliphatic heterocycles. The zero-order valence-corrected chi connectivity index (χ0v) is 33.9. The Morgan fingerprint density at radius 3 is 1.49 bits per heavy atom. The Morgan fingerprint density at radius 1 is 0.302 bits per heavy atom. The van der Waals surface area contributed by atoms with E-state index in [1.807, 2.05) is 36.4 Å². The van der Waals surface area contributed by atoms with Gasteiger partial charge in [-0.1, -0.05) is 152 Å². The number of aromatic nitrogens is 5. The molecule has 0 atom stereocenters. The second-order valence-corrected chi connectivity index (χ2v) is 16.0. The largest absolute Gasteiger partial charge is 0.455 e. The molecule has 0 aliphatic rings. The van der Waals surface area contributed by atoms with Gasteiger partial charge in [0, 0.05) is 65.9 Å². The van der Waals surface area contributed by atoms with Crippen LogP contribution in [-0.4, -0.2) is 24.1 Å². The molecule has 13 rings (SSSR count). The molecule has 0 saturated carbocycles. The van der Waals surface area contributed by atoms with E-state index in [9.17, 15) is 0 Å². The van der Waals surface area contributed by atoms with Crippen LogP contribution >= 0.6 is 0 Å². The van der Waals surface area contributed by atoms with E-state index < -0.39 is 0 Å². The Hall–Kier alpha value is -8.61. The normalized spacial score (nSPS) is 11.8. The predicted octanol–water partition coefficient (Wildman–Crippen LogP) is 14.6. The first kappa shape index (κ1) is 35.2. The van der Waals surface area contributed by atoms with Gasteiger partial charge in [-0.25, -0.2) is 15.0 Å². The van der Waals surface area contributed by atoms with Gasteiger partial charge in [-0.2, -0.15) is 0 Å². The van der Waals surface area contributed by atoms with Gasteiger partial charge in [0.15, 0.2) is 17.5 Å². The second kappa shape index (κ2) is 14.0. The lowest BCUT2D eigenvalue weighted by Gasteiger charge is -2.12. The SMILES string of the molecule is c1ccc(-c2nc(-c3cccc(-n4c5ccccc5c5cc6c7ccccc7n(-c7ccccc7)c6cc54)c3)nc(-c3ccc4c(c3)oc3c(-c5ccccc5)cccc34)n2)cc1. The first-order valence-electron chi connectivity index (χ1n) is 21.2. The smallest absolute Gasteiger partial charge is 0.164 e. The lowest BCUT2D eigenvalue weighted by Crippen LogP contribution is -2.01. The minimum atomic E-state index is 0.572. The standard InChI is InChI=1S/C57H35N5O/c1-4-16-36(17-5-1)42-26-15-27-46-45-31-30-39(33-53(45)63-54(42)46)57-59-55(37-18-6-2-7-19-37)58-56(60-57)38-20-14-23-41(32-38)62-50-29-13-11-25-44(50)48-34-47-43-24-10-12-28-49(43)61(51(47)35-52(48)62)40-21-8-3-9-22-40/h1-35H. The van der Waals surface area contributed by atoms with E-state index in [0.29, 0.717) is 17.5 Å². The van der Waals surface area contributed by atoms with Crippen LogP contribution < -0.4 is 0 Å². The van der Waals surface area contributed by atoms with Gasteiger partial charge in [-0.05, 0) is 66.2 Å². The molecular formula is C57H35N5O. The molecule has 63 heavy (non-hydrogen) atoms. The van der Waals surface area contributed by atoms with Crippen molar-refractivity contribution in [2.75, 3.05) is 0 Å². The first-order chi connectivity index (χ1) is 31.2. The van der Waals surface area contributed by atoms with E-state index in [4.69, 9.17) is 19.4 Å². The van der Waals surface area contributed by atoms with E-state index in [1.165, 1.54) is 27.1 Å². The highest BCUT2D eigenvalue weighted by molar-refractivity contribution is 6.19. The number of hydrogen-bond donors (Lipinski definition) is 0. The topological polar surface area (TPSA) is 61.7 Å². The molecule has 0 bridgehead atoms. The highest BCUT2D eigenvalue weighted by atomic mass is 16.3. The highest BCUT2D eigenvalue weighted by Crippen LogP contribution is 2.41. The lowest BCUT2D eigenvalue weighted by molar-refractivity contribution is 0.670. The molecule has 13 aromatic rings. The molecule has 0 radical (unpaired) electrons. The van der Waals surface area contributed by atoms with Gasteiger partial charge in [0.2, 0.25) is 0 Å². The van der Waals surface area contributed by atoms with E-state index in [0.717, 1.165) is 77.7 Å². The summed E-state index contributed by atoms with van der Waals surface area (Å²) in [5.41, 5.74) is 13.2. The minimum absolute atomic E-state index is 0.572. The number of para-hydroxylation sites is 4. The van der Waals surface area contributed by atoms with Crippen molar-refractivity contribution in [3.8, 4) is 56.7 Å². The summed E-state index contributed by atoms with van der Waals surface area (Å²) in [7, 11) is 0. The molecule has 0 spiro atoms. The van der Waals surface area contributed by atoms with Crippen molar-refractivity contribution in [1.82, 2.24) is 24.1 Å². The maximum absolute atomic E-state index is 6.66. The molecule has 0 aliphatic carbocycles. The minimum Gasteiger partial charge on any atom is -0.455 e. The van der Waals surface area contributed by atoms with Crippen LogP contribution in [0.25, 0.3) is 122 Å². The molecule has 294 valence electrons. The van der Waals surface area contributed by atoms with Crippen LogP contribution in [0.1, 0.15) is 0 Å². The number of hydrogen-bond acceptors (Lipinski definition) is 4. The summed E-state index contributed by atoms with van der Waals surface area (Å²) in [6, 6.07) is 74.4. The Balaban J connectivity index is 0.993. The Bertz CT molecular complexity index is 3900. The summed E-state index contributed by atoms with van der Waals surface area (Å²) in [5, 5.41) is 6.97. The average Bonchev–Trinajstić information content (AvgIpc) is 4.01. The summed E-state index contributed by atoms with van der Waals surface area (Å²) in [6.07, 6.45) is 0. The average molecular weight is 806 g/mol. The predicted molar refractivity (Wildman–Crippen MR) is 258 cm³/mol. The fourth-order valence-electron chi connectivity index (χ4n) is 9.48. The summed E-state index contributed by atoms with van der Waals surface area (Å²) in [5.74, 6) is 1.76. The van der Waals surface area contributed by atoms with Gasteiger partial charge in [0.05, 0.1) is 22.1 Å². The van der Waals surface area contributed by atoms with Crippen molar-refractivity contribution in [2.45, 2.75) is 0 Å². The van der Waals surface area contributed by atoms with Crippen LogP contribution in [0.5, 0.6) is 0 Å². The molecule has 6 heteroatoms. The fourth-order valence-corrected chi connectivity index (χ4v) is 9.48. The zero-order chi connectivity index (χ0) is 41.4. The van der Waals surface area contributed by atoms with Gasteiger partial charge in [0.1, 0.15) is 11.2 Å². The Kier molecular flexibility index (Phi) is 7.80. The van der Waals surface area contributed by atoms with Crippen LogP contribution in [-0.2, 0) is 0 Å². The van der Waals surface area contributed by atoms with Crippen LogP contribution in [0.4, 0.5) is 0 Å². The van der Waals surface area contributed by atoms with E-state index in [-0.39, 0.29) is 0 Å². The molecule has 6 nitrogen and oxygen atoms in total. The Morgan fingerprint density at radius 2 is 0.810 bits per heavy atom. The molecular weight excluding hydrogens is 771 g/mol. The third-order valence-electron chi connectivity index (χ3n) is 12.4. The Labute approximate surface area is 361 Å². The molecule has 0 saturated heterocycles. The van der Waals surface area contributed by atoms with Gasteiger partial charge in [-0.3, -0.25) is 0 Å². The molecule has 0 N–H and O–H groups in total. The maximum Gasteiger partial charge on any atom is 0.164 e. The summed E-state index contributed by atoms with van der Waals surface area (Å²) in [4.78, 5) is 15.4. The number of nitrogens with zero attached hydrogens (tertiary/aromatic N) is 5. The van der Waals surface area contributed by atoms with Gasteiger partial charge >= 0.3 is 0 Å². The summed E-state index contributed by atoms with van der Waals surface area (Å²) < 4.78 is 11.4. The maximum atomic E-state index is 6.66. The third kappa shape index (κ3) is 5.62. The van der Waals surface area contributed by atoms with Gasteiger partial charge < -0.3 is 13.6 Å². The van der Waals surface area contributed by atoms with Crippen molar-refractivity contribution in [3.63, 3.8) is 0 Å². The number of rotatable bonds is 6. The lowest BCUT2D eigenvalue weighted by atomic mass is 10.0. The van der Waals surface area contributed by atoms with Gasteiger partial charge in [-0.15, -0.1) is 0 Å². The monoisotopic (exact) mass is 805 g/mol. The highest BCUT2D eigenvalue weighted by Gasteiger charge is 2.20. The number of fused-ring (bicyclic) bond motifs is 9. The molecule has 0 amide bonds. The fraction of sp³-hybridized carbons (Fsp3) is 0.